The molecule has 0 spiro atoms. The lowest BCUT2D eigenvalue weighted by atomic mass is 10.1. The zero-order valence-electron chi connectivity index (χ0n) is 42.9. The van der Waals surface area contributed by atoms with Crippen LogP contribution in [0.5, 0.6) is 0 Å². The quantitative estimate of drug-likeness (QED) is 0.225. The summed E-state index contributed by atoms with van der Waals surface area (Å²) in [5.41, 5.74) is -5.20. The maximum atomic E-state index is 9.70. The van der Waals surface area contributed by atoms with Gasteiger partial charge in [-0.25, -0.2) is 0 Å². The highest BCUT2D eigenvalue weighted by molar-refractivity contribution is 6.12. The molecule has 0 amide bonds. The minimum Gasteiger partial charge on any atom is -0.309 e. The van der Waals surface area contributed by atoms with E-state index in [1.807, 2.05) is 0 Å². The van der Waals surface area contributed by atoms with E-state index >= 15 is 0 Å². The summed E-state index contributed by atoms with van der Waals surface area (Å²) in [6, 6.07) is -20.6. The summed E-state index contributed by atoms with van der Waals surface area (Å²) in [6.45, 7) is 0. The van der Waals surface area contributed by atoms with Crippen LogP contribution in [-0.4, -0.2) is 9.13 Å². The number of fused-ring (bicyclic) bond motifs is 6. The molecule has 0 aliphatic carbocycles. The maximum absolute atomic E-state index is 9.70. The van der Waals surface area contributed by atoms with Crippen molar-refractivity contribution in [1.82, 2.24) is 9.13 Å². The number of para-hydroxylation sites is 3. The van der Waals surface area contributed by atoms with Gasteiger partial charge in [0.05, 0.1) is 55.0 Å². The Kier molecular flexibility index (Phi) is 1.78. The van der Waals surface area contributed by atoms with Crippen molar-refractivity contribution in [3.63, 3.8) is 0 Å². The average Bonchev–Trinajstić information content (AvgIpc) is 3.78. The third-order valence-corrected chi connectivity index (χ3v) is 5.99. The molecule has 0 aliphatic heterocycles. The second kappa shape index (κ2) is 8.22. The second-order valence-corrected chi connectivity index (χ2v) is 8.01. The molecule has 8 aromatic rings. The molecule has 0 radical (unpaired) electrons. The smallest absolute Gasteiger partial charge is 0.0652 e. The average molecular weight is 509 g/mol. The van der Waals surface area contributed by atoms with Crippen molar-refractivity contribution in [3.8, 4) is 22.5 Å². The Morgan fingerprint density at radius 2 is 0.763 bits per heavy atom. The highest BCUT2D eigenvalue weighted by Gasteiger charge is 2.16. The molecule has 0 saturated carbocycles. The SMILES string of the molecule is [2H]c1c([2H])c([2H])c(-c2c([2H])c([2H])c(-n3c4c([2H])c([2H])c([2H])c([2H])c4c4c([2H])c(-n5c6c([2H])c([2H])c([2H])c([2H])c6c6c([2H])c([2H])c([2H])c([2H])c65)c([2H])c([2H])c43)c([2H])c2[2H])c([2H])c1[2H]. The molecule has 0 atom stereocenters. The molecule has 8 rings (SSSR count). The van der Waals surface area contributed by atoms with Crippen molar-refractivity contribution in [3.05, 3.63) is 145 Å². The van der Waals surface area contributed by atoms with Gasteiger partial charge in [-0.2, -0.15) is 0 Å². The third kappa shape index (κ3) is 3.07. The van der Waals surface area contributed by atoms with Gasteiger partial charge in [0.2, 0.25) is 0 Å². The Balaban J connectivity index is 1.64. The standard InChI is InChI=1S/C36H24N2/c1-2-10-25(11-3-1)26-18-20-27(21-19-26)37-35-17-9-6-14-31(35)32-24-28(22-23-36(32)37)38-33-15-7-4-12-29(33)30-13-5-8-16-34(30)38/h1-24H/i1D,2D,3D,4D,5D,6D,7D,8D,9D,10D,11D,12D,13D,14D,15D,16D,17D,18D,19D,20D,21D,22D,23D,24D. The minimum atomic E-state index is -0.991. The van der Waals surface area contributed by atoms with Gasteiger partial charge in [0.15, 0.2) is 0 Å². The van der Waals surface area contributed by atoms with Gasteiger partial charge < -0.3 is 9.13 Å². The number of rotatable bonds is 3. The van der Waals surface area contributed by atoms with E-state index in [0.717, 1.165) is 9.13 Å². The molecule has 0 aliphatic rings. The molecule has 2 nitrogen and oxygen atoms in total. The predicted molar refractivity (Wildman–Crippen MR) is 161 cm³/mol. The van der Waals surface area contributed by atoms with Crippen LogP contribution in [0.4, 0.5) is 0 Å². The van der Waals surface area contributed by atoms with Crippen molar-refractivity contribution in [2.45, 2.75) is 0 Å². The maximum Gasteiger partial charge on any atom is 0.0652 e. The van der Waals surface area contributed by atoms with Gasteiger partial charge in [-0.15, -0.1) is 0 Å². The van der Waals surface area contributed by atoms with Crippen molar-refractivity contribution < 1.29 is 32.9 Å². The fourth-order valence-electron chi connectivity index (χ4n) is 4.40. The van der Waals surface area contributed by atoms with Gasteiger partial charge >= 0.3 is 0 Å². The monoisotopic (exact) mass is 508 g/mol. The first kappa shape index (κ1) is 8.21. The molecular formula is C36H24N2. The molecule has 0 N–H and O–H groups in total. The number of hydrogen-bond acceptors (Lipinski definition) is 0. The fraction of sp³-hybridized carbons (Fsp3) is 0. The third-order valence-electron chi connectivity index (χ3n) is 5.99. The molecular weight excluding hydrogens is 460 g/mol. The fourth-order valence-corrected chi connectivity index (χ4v) is 4.40. The van der Waals surface area contributed by atoms with Crippen LogP contribution in [0.1, 0.15) is 32.9 Å². The van der Waals surface area contributed by atoms with Gasteiger partial charge in [0.25, 0.3) is 0 Å². The molecule has 6 aromatic carbocycles. The largest absolute Gasteiger partial charge is 0.309 e. The minimum absolute atomic E-state index is 0.421. The molecule has 2 aromatic heterocycles. The lowest BCUT2D eigenvalue weighted by Gasteiger charge is -2.11. The van der Waals surface area contributed by atoms with E-state index in [9.17, 15) is 6.85 Å². The van der Waals surface area contributed by atoms with E-state index < -0.39 is 211 Å². The van der Waals surface area contributed by atoms with Crippen LogP contribution in [0.15, 0.2) is 145 Å². The first-order valence-electron chi connectivity index (χ1n) is 23.1. The van der Waals surface area contributed by atoms with Gasteiger partial charge in [0.1, 0.15) is 0 Å². The number of aromatic nitrogens is 2. The Morgan fingerprint density at radius 3 is 1.37 bits per heavy atom. The Bertz CT molecular complexity index is 3320. The predicted octanol–water partition coefficient (Wildman–Crippen LogP) is 9.55. The number of nitrogens with zero attached hydrogens (tertiary/aromatic N) is 2. The van der Waals surface area contributed by atoms with Crippen molar-refractivity contribution >= 4 is 43.6 Å². The van der Waals surface area contributed by atoms with E-state index in [0.29, 0.717) is 0 Å². The van der Waals surface area contributed by atoms with E-state index in [1.54, 1.807) is 0 Å². The zero-order valence-corrected chi connectivity index (χ0v) is 18.9. The van der Waals surface area contributed by atoms with E-state index in [4.69, 9.17) is 26.0 Å². The number of benzene rings is 6. The van der Waals surface area contributed by atoms with Gasteiger partial charge in [-0.3, -0.25) is 0 Å². The van der Waals surface area contributed by atoms with Crippen molar-refractivity contribution in [2.75, 3.05) is 0 Å². The Labute approximate surface area is 254 Å². The van der Waals surface area contributed by atoms with Crippen LogP contribution >= 0.6 is 0 Å². The van der Waals surface area contributed by atoms with Crippen LogP contribution in [-0.2, 0) is 0 Å². The molecule has 0 fully saturated rings. The molecule has 178 valence electrons. The van der Waals surface area contributed by atoms with Crippen LogP contribution in [0.25, 0.3) is 66.1 Å². The van der Waals surface area contributed by atoms with Crippen LogP contribution < -0.4 is 0 Å². The Hall–Kier alpha value is -5.08. The summed E-state index contributed by atoms with van der Waals surface area (Å²) in [7, 11) is 0. The first-order valence-corrected chi connectivity index (χ1v) is 11.1. The molecule has 0 unspecified atom stereocenters. The molecule has 2 heterocycles. The van der Waals surface area contributed by atoms with Gasteiger partial charge in [-0.1, -0.05) is 96.7 Å². The summed E-state index contributed by atoms with van der Waals surface area (Å²) in [4.78, 5) is 0. The van der Waals surface area contributed by atoms with Crippen molar-refractivity contribution in [2.24, 2.45) is 0 Å². The summed E-state index contributed by atoms with van der Waals surface area (Å²) in [5.74, 6) is 0. The molecule has 0 bridgehead atoms. The summed E-state index contributed by atoms with van der Waals surface area (Å²) in [5, 5.41) is -1.95. The zero-order chi connectivity index (χ0) is 45.9. The summed E-state index contributed by atoms with van der Waals surface area (Å²) < 4.78 is 212. The lowest BCUT2D eigenvalue weighted by Crippen LogP contribution is -1.95. The molecule has 0 saturated heterocycles. The molecule has 2 heteroatoms. The van der Waals surface area contributed by atoms with E-state index in [2.05, 4.69) is 0 Å². The summed E-state index contributed by atoms with van der Waals surface area (Å²) in [6.07, 6.45) is 0. The second-order valence-electron chi connectivity index (χ2n) is 8.01. The van der Waals surface area contributed by atoms with Gasteiger partial charge in [0, 0.05) is 32.9 Å². The van der Waals surface area contributed by atoms with E-state index in [1.165, 1.54) is 0 Å². The highest BCUT2D eigenvalue weighted by atomic mass is 15.0. The molecule has 38 heavy (non-hydrogen) atoms. The topological polar surface area (TPSA) is 9.86 Å². The summed E-state index contributed by atoms with van der Waals surface area (Å²) >= 11 is 0. The van der Waals surface area contributed by atoms with Crippen LogP contribution in [0, 0.1) is 0 Å². The number of hydrogen-bond donors (Lipinski definition) is 0. The van der Waals surface area contributed by atoms with Crippen LogP contribution in [0.3, 0.4) is 0 Å². The highest BCUT2D eigenvalue weighted by Crippen LogP contribution is 2.37. The first-order chi connectivity index (χ1) is 28.9. The van der Waals surface area contributed by atoms with E-state index in [-0.39, 0.29) is 0 Å². The Morgan fingerprint density at radius 1 is 0.342 bits per heavy atom. The van der Waals surface area contributed by atoms with Gasteiger partial charge in [-0.05, 0) is 59.5 Å². The lowest BCUT2D eigenvalue weighted by molar-refractivity contribution is 1.17. The van der Waals surface area contributed by atoms with Crippen LogP contribution in [0.2, 0.25) is 0 Å². The normalized spacial score (nSPS) is 20.5. The van der Waals surface area contributed by atoms with Crippen molar-refractivity contribution in [1.29, 1.82) is 0 Å².